The molecule has 1 N–H and O–H groups in total. The zero-order valence-corrected chi connectivity index (χ0v) is 11.4. The van der Waals surface area contributed by atoms with Crippen molar-refractivity contribution >= 4 is 17.3 Å². The van der Waals surface area contributed by atoms with Gasteiger partial charge in [-0.25, -0.2) is 0 Å². The van der Waals surface area contributed by atoms with E-state index in [1.807, 2.05) is 6.92 Å². The van der Waals surface area contributed by atoms with Gasteiger partial charge in [0.25, 0.3) is 0 Å². The largest absolute Gasteiger partial charge is 0.359 e. The Bertz CT molecular complexity index is 250. The van der Waals surface area contributed by atoms with Crippen LogP contribution in [-0.4, -0.2) is 29.1 Å². The summed E-state index contributed by atoms with van der Waals surface area (Å²) in [5, 5.41) is 4.22. The van der Waals surface area contributed by atoms with Crippen LogP contribution in [0.1, 0.15) is 46.0 Å². The minimum Gasteiger partial charge on any atom is -0.359 e. The van der Waals surface area contributed by atoms with Crippen LogP contribution >= 0.6 is 12.2 Å². The molecular weight excluding hydrogens is 216 g/mol. The first-order valence-electron chi connectivity index (χ1n) is 6.34. The van der Waals surface area contributed by atoms with Crippen LogP contribution in [0.3, 0.4) is 0 Å². The van der Waals surface area contributed by atoms with Crippen LogP contribution in [0.5, 0.6) is 0 Å². The second-order valence-corrected chi connectivity index (χ2v) is 5.11. The average molecular weight is 240 g/mol. The SMILES string of the molecule is C=C(C)CNC(=S)N1CCCCCC1CC. The lowest BCUT2D eigenvalue weighted by Gasteiger charge is -2.32. The first-order chi connectivity index (χ1) is 7.65. The van der Waals surface area contributed by atoms with Gasteiger partial charge in [0.2, 0.25) is 0 Å². The van der Waals surface area contributed by atoms with Crippen molar-refractivity contribution in [2.24, 2.45) is 0 Å². The highest BCUT2D eigenvalue weighted by atomic mass is 32.1. The third-order valence-corrected chi connectivity index (χ3v) is 3.53. The van der Waals surface area contributed by atoms with E-state index in [-0.39, 0.29) is 0 Å². The van der Waals surface area contributed by atoms with Crippen molar-refractivity contribution in [3.05, 3.63) is 12.2 Å². The molecule has 2 nitrogen and oxygen atoms in total. The fourth-order valence-corrected chi connectivity index (χ4v) is 2.51. The molecule has 0 saturated carbocycles. The van der Waals surface area contributed by atoms with Crippen molar-refractivity contribution in [2.75, 3.05) is 13.1 Å². The molecule has 1 fully saturated rings. The number of rotatable bonds is 3. The normalized spacial score (nSPS) is 21.4. The molecule has 1 aliphatic rings. The first-order valence-corrected chi connectivity index (χ1v) is 6.74. The summed E-state index contributed by atoms with van der Waals surface area (Å²) in [6, 6.07) is 0.632. The molecule has 1 unspecified atom stereocenters. The maximum absolute atomic E-state index is 5.47. The van der Waals surface area contributed by atoms with Gasteiger partial charge in [0.1, 0.15) is 0 Å². The van der Waals surface area contributed by atoms with Crippen LogP contribution in [0, 0.1) is 0 Å². The monoisotopic (exact) mass is 240 g/mol. The Kier molecular flexibility index (Phi) is 5.81. The van der Waals surface area contributed by atoms with E-state index in [0.29, 0.717) is 6.04 Å². The van der Waals surface area contributed by atoms with Crippen molar-refractivity contribution in [1.82, 2.24) is 10.2 Å². The number of thiocarbonyl (C=S) groups is 1. The number of nitrogens with one attached hydrogen (secondary N) is 1. The standard InChI is InChI=1S/C13H24N2S/c1-4-12-8-6-5-7-9-15(12)13(16)14-10-11(2)3/h12H,2,4-10H2,1,3H3,(H,14,16). The number of hydrogen-bond donors (Lipinski definition) is 1. The van der Waals surface area contributed by atoms with Crippen LogP contribution in [0.4, 0.5) is 0 Å². The van der Waals surface area contributed by atoms with Gasteiger partial charge in [0.05, 0.1) is 0 Å². The van der Waals surface area contributed by atoms with Gasteiger partial charge in [-0.05, 0) is 38.4 Å². The van der Waals surface area contributed by atoms with Gasteiger partial charge in [-0.1, -0.05) is 31.9 Å². The molecule has 0 aromatic heterocycles. The highest BCUT2D eigenvalue weighted by Gasteiger charge is 2.21. The van der Waals surface area contributed by atoms with Crippen molar-refractivity contribution in [2.45, 2.75) is 52.0 Å². The minimum atomic E-state index is 0.632. The third-order valence-electron chi connectivity index (χ3n) is 3.15. The molecule has 0 bridgehead atoms. The van der Waals surface area contributed by atoms with Gasteiger partial charge in [-0.3, -0.25) is 0 Å². The maximum atomic E-state index is 5.47. The predicted molar refractivity (Wildman–Crippen MR) is 74.7 cm³/mol. The Morgan fingerprint density at radius 1 is 1.44 bits per heavy atom. The molecule has 92 valence electrons. The lowest BCUT2D eigenvalue weighted by molar-refractivity contribution is 0.304. The van der Waals surface area contributed by atoms with E-state index in [2.05, 4.69) is 23.7 Å². The number of hydrogen-bond acceptors (Lipinski definition) is 1. The van der Waals surface area contributed by atoms with Gasteiger partial charge in [0, 0.05) is 19.1 Å². The Morgan fingerprint density at radius 3 is 2.81 bits per heavy atom. The maximum Gasteiger partial charge on any atom is 0.169 e. The van der Waals surface area contributed by atoms with Gasteiger partial charge < -0.3 is 10.2 Å². The first kappa shape index (κ1) is 13.5. The minimum absolute atomic E-state index is 0.632. The van der Waals surface area contributed by atoms with Crippen molar-refractivity contribution in [3.63, 3.8) is 0 Å². The summed E-state index contributed by atoms with van der Waals surface area (Å²) in [5.41, 5.74) is 1.13. The van der Waals surface area contributed by atoms with E-state index in [1.165, 1.54) is 32.1 Å². The second kappa shape index (κ2) is 6.89. The smallest absolute Gasteiger partial charge is 0.169 e. The molecule has 0 aromatic carbocycles. The highest BCUT2D eigenvalue weighted by Crippen LogP contribution is 2.19. The Morgan fingerprint density at radius 2 is 2.19 bits per heavy atom. The number of likely N-dealkylation sites (tertiary alicyclic amines) is 1. The van der Waals surface area contributed by atoms with Crippen LogP contribution < -0.4 is 5.32 Å². The Hall–Kier alpha value is -0.570. The molecule has 0 spiro atoms. The van der Waals surface area contributed by atoms with Crippen LogP contribution in [-0.2, 0) is 0 Å². The summed E-state index contributed by atoms with van der Waals surface area (Å²) in [4.78, 5) is 2.38. The Balaban J connectivity index is 2.52. The highest BCUT2D eigenvalue weighted by molar-refractivity contribution is 7.80. The zero-order chi connectivity index (χ0) is 12.0. The molecule has 3 heteroatoms. The second-order valence-electron chi connectivity index (χ2n) is 4.72. The predicted octanol–water partition coefficient (Wildman–Crippen LogP) is 3.09. The van der Waals surface area contributed by atoms with E-state index in [9.17, 15) is 0 Å². The molecule has 1 atom stereocenters. The average Bonchev–Trinajstić information content (AvgIpc) is 2.50. The molecular formula is C13H24N2S. The molecule has 1 saturated heterocycles. The summed E-state index contributed by atoms with van der Waals surface area (Å²) < 4.78 is 0. The number of nitrogens with zero attached hydrogens (tertiary/aromatic N) is 1. The van der Waals surface area contributed by atoms with Crippen LogP contribution in [0.25, 0.3) is 0 Å². The van der Waals surface area contributed by atoms with Gasteiger partial charge in [0.15, 0.2) is 5.11 Å². The molecule has 1 rings (SSSR count). The molecule has 1 aliphatic heterocycles. The van der Waals surface area contributed by atoms with E-state index in [1.54, 1.807) is 0 Å². The van der Waals surface area contributed by atoms with Crippen molar-refractivity contribution in [3.8, 4) is 0 Å². The van der Waals surface area contributed by atoms with E-state index in [0.717, 1.165) is 23.8 Å². The van der Waals surface area contributed by atoms with Crippen LogP contribution in [0.2, 0.25) is 0 Å². The van der Waals surface area contributed by atoms with E-state index < -0.39 is 0 Å². The summed E-state index contributed by atoms with van der Waals surface area (Å²) in [7, 11) is 0. The molecule has 0 aliphatic carbocycles. The fraction of sp³-hybridized carbons (Fsp3) is 0.769. The van der Waals surface area contributed by atoms with Crippen molar-refractivity contribution in [1.29, 1.82) is 0 Å². The van der Waals surface area contributed by atoms with E-state index in [4.69, 9.17) is 12.2 Å². The van der Waals surface area contributed by atoms with Gasteiger partial charge in [-0.15, -0.1) is 0 Å². The van der Waals surface area contributed by atoms with Crippen LogP contribution in [0.15, 0.2) is 12.2 Å². The molecule has 16 heavy (non-hydrogen) atoms. The molecule has 0 radical (unpaired) electrons. The van der Waals surface area contributed by atoms with Gasteiger partial charge in [-0.2, -0.15) is 0 Å². The molecule has 0 aromatic rings. The van der Waals surface area contributed by atoms with Gasteiger partial charge >= 0.3 is 0 Å². The summed E-state index contributed by atoms with van der Waals surface area (Å²) in [5.74, 6) is 0. The summed E-state index contributed by atoms with van der Waals surface area (Å²) in [6.45, 7) is 10.1. The van der Waals surface area contributed by atoms with E-state index >= 15 is 0 Å². The third kappa shape index (κ3) is 4.12. The topological polar surface area (TPSA) is 15.3 Å². The lowest BCUT2D eigenvalue weighted by Crippen LogP contribution is -2.45. The zero-order valence-electron chi connectivity index (χ0n) is 10.6. The quantitative estimate of drug-likeness (QED) is 0.603. The summed E-state index contributed by atoms with van der Waals surface area (Å²) >= 11 is 5.47. The molecule has 0 amide bonds. The fourth-order valence-electron chi connectivity index (χ4n) is 2.20. The van der Waals surface area contributed by atoms with Crippen molar-refractivity contribution < 1.29 is 0 Å². The lowest BCUT2D eigenvalue weighted by atomic mass is 10.1. The Labute approximate surface area is 105 Å². The molecule has 1 heterocycles. The summed E-state index contributed by atoms with van der Waals surface area (Å²) in [6.07, 6.45) is 6.43.